The number of ether oxygens (including phenoxy) is 12. The Labute approximate surface area is 244 Å². The van der Waals surface area contributed by atoms with E-state index < -0.39 is 0 Å². The average molecular weight is 600 g/mol. The highest BCUT2D eigenvalue weighted by Gasteiger charge is 1.96. The lowest BCUT2D eigenvalue weighted by Gasteiger charge is -2.09. The Morgan fingerprint density at radius 2 is 0.537 bits per heavy atom. The SMILES string of the molecule is CCOCCOCCOCCOCCOCCOCCOCCOCCOCCOCCOCCOCCN=[N+]=[N-]. The quantitative estimate of drug-likeness (QED) is 0.0439. The van der Waals surface area contributed by atoms with Gasteiger partial charge in [-0.3, -0.25) is 0 Å². The molecule has 0 saturated heterocycles. The van der Waals surface area contributed by atoms with Gasteiger partial charge in [0.05, 0.1) is 152 Å². The Bertz CT molecular complexity index is 534. The van der Waals surface area contributed by atoms with Crippen molar-refractivity contribution in [3.63, 3.8) is 0 Å². The largest absolute Gasteiger partial charge is 0.379 e. The van der Waals surface area contributed by atoms with Crippen molar-refractivity contribution in [3.05, 3.63) is 10.4 Å². The Morgan fingerprint density at radius 1 is 0.341 bits per heavy atom. The lowest BCUT2D eigenvalue weighted by molar-refractivity contribution is -0.0282. The van der Waals surface area contributed by atoms with E-state index in [1.165, 1.54) is 0 Å². The fourth-order valence-electron chi connectivity index (χ4n) is 2.71. The number of nitrogens with zero attached hydrogens (tertiary/aromatic N) is 3. The molecule has 0 aliphatic rings. The van der Waals surface area contributed by atoms with Crippen LogP contribution < -0.4 is 0 Å². The summed E-state index contributed by atoms with van der Waals surface area (Å²) >= 11 is 0. The Balaban J connectivity index is 3.03. The molecule has 0 spiro atoms. The molecule has 0 radical (unpaired) electrons. The molecular weight excluding hydrogens is 546 g/mol. The van der Waals surface area contributed by atoms with Crippen LogP contribution in [0.3, 0.4) is 0 Å². The van der Waals surface area contributed by atoms with Crippen LogP contribution >= 0.6 is 0 Å². The van der Waals surface area contributed by atoms with E-state index >= 15 is 0 Å². The van der Waals surface area contributed by atoms with Crippen molar-refractivity contribution in [1.29, 1.82) is 0 Å². The fraction of sp³-hybridized carbons (Fsp3) is 1.00. The summed E-state index contributed by atoms with van der Waals surface area (Å²) in [5.41, 5.74) is 8.12. The monoisotopic (exact) mass is 599 g/mol. The van der Waals surface area contributed by atoms with Crippen molar-refractivity contribution in [1.82, 2.24) is 0 Å². The van der Waals surface area contributed by atoms with Gasteiger partial charge in [0.2, 0.25) is 0 Å². The fourth-order valence-corrected chi connectivity index (χ4v) is 2.71. The summed E-state index contributed by atoms with van der Waals surface area (Å²) in [5.74, 6) is 0. The minimum absolute atomic E-state index is 0.329. The molecule has 0 amide bonds. The zero-order valence-electron chi connectivity index (χ0n) is 24.9. The minimum Gasteiger partial charge on any atom is -0.379 e. The van der Waals surface area contributed by atoms with Gasteiger partial charge in [-0.1, -0.05) is 5.11 Å². The molecule has 0 rings (SSSR count). The van der Waals surface area contributed by atoms with Gasteiger partial charge in [-0.2, -0.15) is 0 Å². The van der Waals surface area contributed by atoms with Crippen LogP contribution in [0.2, 0.25) is 0 Å². The highest BCUT2D eigenvalue weighted by Crippen LogP contribution is 1.87. The molecule has 0 saturated carbocycles. The molecule has 41 heavy (non-hydrogen) atoms. The molecule has 15 heteroatoms. The number of rotatable bonds is 37. The van der Waals surface area contributed by atoms with Crippen molar-refractivity contribution in [2.24, 2.45) is 5.11 Å². The molecule has 0 aromatic heterocycles. The second-order valence-electron chi connectivity index (χ2n) is 7.89. The van der Waals surface area contributed by atoms with Gasteiger partial charge in [-0.05, 0) is 12.5 Å². The van der Waals surface area contributed by atoms with Gasteiger partial charge < -0.3 is 56.8 Å². The molecule has 0 heterocycles. The van der Waals surface area contributed by atoms with Crippen LogP contribution in [0.15, 0.2) is 5.11 Å². The first kappa shape index (κ1) is 39.8. The topological polar surface area (TPSA) is 160 Å². The highest BCUT2D eigenvalue weighted by atomic mass is 16.6. The lowest BCUT2D eigenvalue weighted by Crippen LogP contribution is -2.15. The van der Waals surface area contributed by atoms with Gasteiger partial charge in [-0.25, -0.2) is 0 Å². The molecule has 0 bridgehead atoms. The van der Waals surface area contributed by atoms with Gasteiger partial charge in [0, 0.05) is 18.1 Å². The van der Waals surface area contributed by atoms with Crippen LogP contribution in [0, 0.1) is 0 Å². The van der Waals surface area contributed by atoms with Gasteiger partial charge in [0.15, 0.2) is 0 Å². The lowest BCUT2D eigenvalue weighted by atomic mass is 10.6. The summed E-state index contributed by atoms with van der Waals surface area (Å²) in [7, 11) is 0. The molecule has 0 atom stereocenters. The summed E-state index contributed by atoms with van der Waals surface area (Å²) in [4.78, 5) is 2.64. The molecule has 15 nitrogen and oxygen atoms in total. The van der Waals surface area contributed by atoms with E-state index in [1.54, 1.807) is 0 Å². The number of hydrogen-bond acceptors (Lipinski definition) is 13. The molecule has 0 aliphatic heterocycles. The standard InChI is InChI=1S/C26H53N3O12/c1-2-30-5-6-32-9-10-34-13-14-36-17-18-38-21-22-40-25-26-41-24-23-39-20-19-37-16-15-35-12-11-33-8-7-31-4-3-28-29-27/h2-26H2,1H3. The molecular formula is C26H53N3O12. The van der Waals surface area contributed by atoms with E-state index in [1.807, 2.05) is 6.92 Å². The Kier molecular flexibility index (Phi) is 37.7. The first-order valence-corrected chi connectivity index (χ1v) is 14.4. The summed E-state index contributed by atoms with van der Waals surface area (Å²) in [6.45, 7) is 14.8. The molecule has 0 aliphatic carbocycles. The summed E-state index contributed by atoms with van der Waals surface area (Å²) in [6.07, 6.45) is 0. The molecule has 0 fully saturated rings. The van der Waals surface area contributed by atoms with E-state index in [-0.39, 0.29) is 0 Å². The smallest absolute Gasteiger partial charge is 0.0701 e. The number of azide groups is 1. The van der Waals surface area contributed by atoms with Crippen LogP contribution in [0.1, 0.15) is 6.92 Å². The Hall–Kier alpha value is -1.17. The van der Waals surface area contributed by atoms with Crippen molar-refractivity contribution < 1.29 is 56.8 Å². The van der Waals surface area contributed by atoms with Gasteiger partial charge >= 0.3 is 0 Å². The van der Waals surface area contributed by atoms with E-state index in [2.05, 4.69) is 10.0 Å². The molecule has 0 aromatic carbocycles. The first-order chi connectivity index (χ1) is 20.4. The summed E-state index contributed by atoms with van der Waals surface area (Å²) < 4.78 is 64.6. The molecule has 0 unspecified atom stereocenters. The maximum Gasteiger partial charge on any atom is 0.0701 e. The van der Waals surface area contributed by atoms with Crippen LogP contribution in [0.25, 0.3) is 10.4 Å². The van der Waals surface area contributed by atoms with Gasteiger partial charge in [0.1, 0.15) is 0 Å². The van der Waals surface area contributed by atoms with Gasteiger partial charge in [0.25, 0.3) is 0 Å². The normalized spacial score (nSPS) is 11.2. The molecule has 0 aromatic rings. The predicted molar refractivity (Wildman–Crippen MR) is 150 cm³/mol. The van der Waals surface area contributed by atoms with Crippen LogP contribution in [-0.2, 0) is 56.8 Å². The maximum absolute atomic E-state index is 8.12. The zero-order valence-corrected chi connectivity index (χ0v) is 24.9. The predicted octanol–water partition coefficient (Wildman–Crippen LogP) is 1.52. The van der Waals surface area contributed by atoms with E-state index in [0.717, 1.165) is 0 Å². The van der Waals surface area contributed by atoms with E-state index in [0.29, 0.717) is 165 Å². The van der Waals surface area contributed by atoms with Crippen molar-refractivity contribution >= 4 is 0 Å². The first-order valence-electron chi connectivity index (χ1n) is 14.4. The van der Waals surface area contributed by atoms with Crippen LogP contribution in [0.4, 0.5) is 0 Å². The third kappa shape index (κ3) is 38.8. The minimum atomic E-state index is 0.329. The van der Waals surface area contributed by atoms with E-state index in [9.17, 15) is 0 Å². The second kappa shape index (κ2) is 38.8. The molecule has 244 valence electrons. The Morgan fingerprint density at radius 3 is 0.732 bits per heavy atom. The van der Waals surface area contributed by atoms with Gasteiger partial charge in [-0.15, -0.1) is 0 Å². The zero-order chi connectivity index (χ0) is 29.6. The maximum atomic E-state index is 8.12. The third-order valence-electron chi connectivity index (χ3n) is 4.70. The second-order valence-corrected chi connectivity index (χ2v) is 7.89. The third-order valence-corrected chi connectivity index (χ3v) is 4.70. The highest BCUT2D eigenvalue weighted by molar-refractivity contribution is 4.44. The summed E-state index contributed by atoms with van der Waals surface area (Å²) in [6, 6.07) is 0. The number of hydrogen-bond donors (Lipinski definition) is 0. The summed E-state index contributed by atoms with van der Waals surface area (Å²) in [5, 5.41) is 3.37. The van der Waals surface area contributed by atoms with Crippen LogP contribution in [0.5, 0.6) is 0 Å². The average Bonchev–Trinajstić information content (AvgIpc) is 2.98. The van der Waals surface area contributed by atoms with Crippen LogP contribution in [-0.4, -0.2) is 165 Å². The van der Waals surface area contributed by atoms with Crippen molar-refractivity contribution in [3.8, 4) is 0 Å². The van der Waals surface area contributed by atoms with Crippen molar-refractivity contribution in [2.75, 3.05) is 165 Å². The van der Waals surface area contributed by atoms with E-state index in [4.69, 9.17) is 62.4 Å². The van der Waals surface area contributed by atoms with Crippen molar-refractivity contribution in [2.45, 2.75) is 6.92 Å². The molecule has 0 N–H and O–H groups in total.